The lowest BCUT2D eigenvalue weighted by Gasteiger charge is -2.08. The van der Waals surface area contributed by atoms with Gasteiger partial charge in [-0.3, -0.25) is 19.0 Å². The molecule has 0 fully saturated rings. The van der Waals surface area contributed by atoms with E-state index >= 15 is 0 Å². The summed E-state index contributed by atoms with van der Waals surface area (Å²) >= 11 is 1.24. The Balaban J connectivity index is 1.40. The summed E-state index contributed by atoms with van der Waals surface area (Å²) in [7, 11) is 0. The van der Waals surface area contributed by atoms with Crippen LogP contribution in [0, 0.1) is 6.92 Å². The third-order valence-corrected chi connectivity index (χ3v) is 6.93. The molecule has 4 aromatic rings. The van der Waals surface area contributed by atoms with Gasteiger partial charge >= 0.3 is 0 Å². The van der Waals surface area contributed by atoms with Crippen LogP contribution in [0.15, 0.2) is 51.9 Å². The Kier molecular flexibility index (Phi) is 5.55. The smallest absolute Gasteiger partial charge is 0.291 e. The van der Waals surface area contributed by atoms with Gasteiger partial charge in [-0.2, -0.15) is 0 Å². The summed E-state index contributed by atoms with van der Waals surface area (Å²) in [5.41, 5.74) is 1.62. The van der Waals surface area contributed by atoms with E-state index in [0.29, 0.717) is 38.6 Å². The van der Waals surface area contributed by atoms with Gasteiger partial charge < -0.3 is 15.1 Å². The molecule has 4 heterocycles. The molecule has 8 nitrogen and oxygen atoms in total. The number of amides is 2. The van der Waals surface area contributed by atoms with Crippen molar-refractivity contribution in [1.82, 2.24) is 9.55 Å². The van der Waals surface area contributed by atoms with Gasteiger partial charge in [0.05, 0.1) is 16.5 Å². The van der Waals surface area contributed by atoms with Crippen molar-refractivity contribution in [2.24, 2.45) is 0 Å². The lowest BCUT2D eigenvalue weighted by Crippen LogP contribution is -2.24. The van der Waals surface area contributed by atoms with Gasteiger partial charge in [0.25, 0.3) is 17.4 Å². The Bertz CT molecular complexity index is 1420. The van der Waals surface area contributed by atoms with E-state index in [-0.39, 0.29) is 23.1 Å². The van der Waals surface area contributed by atoms with E-state index in [1.54, 1.807) is 47.9 Å². The Labute approximate surface area is 193 Å². The maximum absolute atomic E-state index is 13.1. The van der Waals surface area contributed by atoms with Crippen LogP contribution in [0.2, 0.25) is 0 Å². The largest absolute Gasteiger partial charge is 0.459 e. The minimum absolute atomic E-state index is 0.0627. The molecule has 0 saturated heterocycles. The van der Waals surface area contributed by atoms with E-state index in [4.69, 9.17) is 9.40 Å². The molecule has 2 N–H and O–H groups in total. The number of furan rings is 1. The summed E-state index contributed by atoms with van der Waals surface area (Å²) in [6, 6.07) is 10.1. The van der Waals surface area contributed by atoms with Crippen molar-refractivity contribution < 1.29 is 14.0 Å². The van der Waals surface area contributed by atoms with Crippen molar-refractivity contribution in [2.45, 2.75) is 39.2 Å². The highest BCUT2D eigenvalue weighted by Gasteiger charge is 2.22. The zero-order valence-electron chi connectivity index (χ0n) is 18.0. The molecule has 33 heavy (non-hydrogen) atoms. The number of nitrogens with zero attached hydrogens (tertiary/aromatic N) is 2. The third kappa shape index (κ3) is 4.07. The topological polar surface area (TPSA) is 106 Å². The molecule has 0 atom stereocenters. The molecule has 0 aliphatic carbocycles. The molecule has 5 rings (SSSR count). The van der Waals surface area contributed by atoms with Gasteiger partial charge in [-0.15, -0.1) is 11.3 Å². The Morgan fingerprint density at radius 1 is 1.06 bits per heavy atom. The number of hydrogen-bond acceptors (Lipinski definition) is 6. The van der Waals surface area contributed by atoms with Crippen LogP contribution in [0.5, 0.6) is 0 Å². The van der Waals surface area contributed by atoms with E-state index in [1.807, 2.05) is 0 Å². The Morgan fingerprint density at radius 3 is 2.61 bits per heavy atom. The molecule has 9 heteroatoms. The van der Waals surface area contributed by atoms with Gasteiger partial charge in [-0.05, 0) is 55.7 Å². The number of nitrogens with one attached hydrogen (secondary N) is 2. The van der Waals surface area contributed by atoms with E-state index in [2.05, 4.69) is 10.6 Å². The number of rotatable bonds is 4. The molecule has 1 aliphatic heterocycles. The van der Waals surface area contributed by atoms with Crippen molar-refractivity contribution >= 4 is 44.7 Å². The van der Waals surface area contributed by atoms with Crippen LogP contribution in [0.25, 0.3) is 10.2 Å². The molecule has 1 aliphatic rings. The minimum atomic E-state index is -0.379. The molecule has 0 radical (unpaired) electrons. The maximum atomic E-state index is 13.1. The first-order valence-corrected chi connectivity index (χ1v) is 11.6. The molecule has 0 spiro atoms. The van der Waals surface area contributed by atoms with Crippen molar-refractivity contribution in [3.05, 3.63) is 75.0 Å². The van der Waals surface area contributed by atoms with Gasteiger partial charge in [-0.25, -0.2) is 4.98 Å². The number of carbonyl (C=O) groups excluding carboxylic acids is 2. The van der Waals surface area contributed by atoms with Crippen molar-refractivity contribution in [2.75, 3.05) is 10.6 Å². The molecule has 0 saturated carbocycles. The predicted molar refractivity (Wildman–Crippen MR) is 127 cm³/mol. The van der Waals surface area contributed by atoms with Crippen LogP contribution in [-0.4, -0.2) is 21.4 Å². The minimum Gasteiger partial charge on any atom is -0.459 e. The SMILES string of the molecule is Cc1c(C(=O)Nc2cccc(NC(=O)c3ccco3)c2)sc2nc3n(c(=O)c12)CCCCC3. The lowest BCUT2D eigenvalue weighted by molar-refractivity contribution is 0.0995. The summed E-state index contributed by atoms with van der Waals surface area (Å²) < 4.78 is 6.87. The third-order valence-electron chi connectivity index (χ3n) is 5.74. The number of fused-ring (bicyclic) bond motifs is 2. The predicted octanol–water partition coefficient (Wildman–Crippen LogP) is 4.59. The van der Waals surface area contributed by atoms with Crippen LogP contribution in [0.1, 0.15) is 50.9 Å². The second kappa shape index (κ2) is 8.67. The molecule has 0 bridgehead atoms. The molecule has 2 amide bonds. The van der Waals surface area contributed by atoms with Gasteiger partial charge in [0.1, 0.15) is 10.7 Å². The maximum Gasteiger partial charge on any atom is 0.291 e. The second-order valence-electron chi connectivity index (χ2n) is 8.00. The summed E-state index contributed by atoms with van der Waals surface area (Å²) in [5, 5.41) is 6.13. The van der Waals surface area contributed by atoms with Gasteiger partial charge in [0, 0.05) is 24.3 Å². The van der Waals surface area contributed by atoms with Crippen LogP contribution in [0.4, 0.5) is 11.4 Å². The normalized spacial score (nSPS) is 13.4. The molecular weight excluding hydrogens is 440 g/mol. The van der Waals surface area contributed by atoms with Gasteiger partial charge in [0.15, 0.2) is 5.76 Å². The lowest BCUT2D eigenvalue weighted by atomic mass is 10.2. The summed E-state index contributed by atoms with van der Waals surface area (Å²) in [4.78, 5) is 44.2. The monoisotopic (exact) mass is 462 g/mol. The standard InChI is InChI=1S/C24H22N4O4S/c1-14-19-23(27-18-10-3-2-4-11-28(18)24(19)31)33-20(14)22(30)26-16-8-5-7-15(13-16)25-21(29)17-9-6-12-32-17/h5-9,12-13H,2-4,10-11H2,1H3,(H,25,29)(H,26,30). The van der Waals surface area contributed by atoms with Gasteiger partial charge in [0.2, 0.25) is 0 Å². The van der Waals surface area contributed by atoms with Crippen molar-refractivity contribution in [1.29, 1.82) is 0 Å². The van der Waals surface area contributed by atoms with Gasteiger partial charge in [-0.1, -0.05) is 12.5 Å². The molecule has 168 valence electrons. The summed E-state index contributed by atoms with van der Waals surface area (Å²) in [6.45, 7) is 2.46. The van der Waals surface area contributed by atoms with Crippen LogP contribution < -0.4 is 16.2 Å². The highest BCUT2D eigenvalue weighted by atomic mass is 32.1. The number of thiophene rings is 1. The van der Waals surface area contributed by atoms with E-state index < -0.39 is 0 Å². The number of aryl methyl sites for hydroxylation is 2. The second-order valence-corrected chi connectivity index (χ2v) is 9.00. The Hall–Kier alpha value is -3.72. The quantitative estimate of drug-likeness (QED) is 0.461. The molecule has 0 unspecified atom stereocenters. The summed E-state index contributed by atoms with van der Waals surface area (Å²) in [6.07, 6.45) is 5.27. The number of benzene rings is 1. The fourth-order valence-electron chi connectivity index (χ4n) is 4.09. The van der Waals surface area contributed by atoms with E-state index in [0.717, 1.165) is 31.5 Å². The van der Waals surface area contributed by atoms with Crippen LogP contribution in [-0.2, 0) is 13.0 Å². The summed E-state index contributed by atoms with van der Waals surface area (Å²) in [5.74, 6) is 0.306. The fraction of sp³-hybridized carbons (Fsp3) is 0.250. The number of anilines is 2. The molecule has 3 aromatic heterocycles. The number of aromatic nitrogens is 2. The number of hydrogen-bond donors (Lipinski definition) is 2. The first-order chi connectivity index (χ1) is 16.0. The van der Waals surface area contributed by atoms with E-state index in [1.165, 1.54) is 17.6 Å². The first-order valence-electron chi connectivity index (χ1n) is 10.8. The number of carbonyl (C=O) groups is 2. The fourth-order valence-corrected chi connectivity index (χ4v) is 5.18. The zero-order valence-corrected chi connectivity index (χ0v) is 18.8. The molecular formula is C24H22N4O4S. The van der Waals surface area contributed by atoms with Crippen molar-refractivity contribution in [3.8, 4) is 0 Å². The van der Waals surface area contributed by atoms with Crippen LogP contribution >= 0.6 is 11.3 Å². The zero-order chi connectivity index (χ0) is 22.9. The Morgan fingerprint density at radius 2 is 1.85 bits per heavy atom. The van der Waals surface area contributed by atoms with Crippen molar-refractivity contribution in [3.63, 3.8) is 0 Å². The van der Waals surface area contributed by atoms with E-state index in [9.17, 15) is 14.4 Å². The molecule has 1 aromatic carbocycles. The highest BCUT2D eigenvalue weighted by molar-refractivity contribution is 7.20. The first kappa shape index (κ1) is 21.1. The highest BCUT2D eigenvalue weighted by Crippen LogP contribution is 2.29. The average molecular weight is 463 g/mol. The van der Waals surface area contributed by atoms with Crippen LogP contribution in [0.3, 0.4) is 0 Å². The average Bonchev–Trinajstić information content (AvgIpc) is 3.37.